The van der Waals surface area contributed by atoms with Gasteiger partial charge >= 0.3 is 0 Å². The first-order valence-electron chi connectivity index (χ1n) is 20.4. The van der Waals surface area contributed by atoms with Crippen molar-refractivity contribution in [2.24, 2.45) is 0 Å². The highest BCUT2D eigenvalue weighted by molar-refractivity contribution is 7.27. The molecular weight excluding hydrogens is 784 g/mol. The third kappa shape index (κ3) is 4.58. The minimum atomic E-state index is 0.0551. The molecule has 0 N–H and O–H groups in total. The lowest BCUT2D eigenvalue weighted by atomic mass is 9.37. The summed E-state index contributed by atoms with van der Waals surface area (Å²) in [6.45, 7) is 0.0551. The van der Waals surface area contributed by atoms with Crippen molar-refractivity contribution < 1.29 is 0 Å². The second-order valence-electron chi connectivity index (χ2n) is 16.0. The van der Waals surface area contributed by atoms with E-state index in [1.54, 1.807) is 0 Å². The van der Waals surface area contributed by atoms with Gasteiger partial charge in [0.15, 0.2) is 0 Å². The number of thiophene rings is 3. The van der Waals surface area contributed by atoms with Crippen LogP contribution in [-0.2, 0) is 0 Å². The molecule has 0 amide bonds. The maximum absolute atomic E-state index is 2.59. The third-order valence-corrected chi connectivity index (χ3v) is 16.2. The van der Waals surface area contributed by atoms with Crippen molar-refractivity contribution in [3.63, 3.8) is 0 Å². The summed E-state index contributed by atoms with van der Waals surface area (Å²) in [5.41, 5.74) is 13.9. The normalized spacial score (nSPS) is 12.9. The van der Waals surface area contributed by atoms with Crippen molar-refractivity contribution in [3.8, 4) is 11.1 Å². The predicted octanol–water partition coefficient (Wildman–Crippen LogP) is 14.5. The van der Waals surface area contributed by atoms with Gasteiger partial charge < -0.3 is 9.80 Å². The van der Waals surface area contributed by atoms with Crippen molar-refractivity contribution in [2.45, 2.75) is 0 Å². The first-order valence-corrected chi connectivity index (χ1v) is 22.9. The molecule has 0 bridgehead atoms. The molecule has 0 aliphatic carbocycles. The van der Waals surface area contributed by atoms with Gasteiger partial charge in [-0.2, -0.15) is 0 Å². The largest absolute Gasteiger partial charge is 0.311 e. The van der Waals surface area contributed by atoms with Crippen LogP contribution in [0.2, 0.25) is 0 Å². The minimum absolute atomic E-state index is 0.0551. The van der Waals surface area contributed by atoms with Crippen molar-refractivity contribution in [1.29, 1.82) is 0 Å². The van der Waals surface area contributed by atoms with Gasteiger partial charge in [-0.3, -0.25) is 0 Å². The summed E-state index contributed by atoms with van der Waals surface area (Å²) in [7, 11) is 0. The number of benzene rings is 9. The van der Waals surface area contributed by atoms with Gasteiger partial charge in [0.1, 0.15) is 0 Å². The topological polar surface area (TPSA) is 6.48 Å². The Morgan fingerprint density at radius 2 is 0.900 bits per heavy atom. The van der Waals surface area contributed by atoms with Crippen molar-refractivity contribution in [3.05, 3.63) is 188 Å². The van der Waals surface area contributed by atoms with E-state index in [1.807, 2.05) is 34.0 Å². The van der Waals surface area contributed by atoms with E-state index in [4.69, 9.17) is 0 Å². The SMILES string of the molecule is c1ccc(N(c2ccccc2)c2ccc3c4c2-c2cc5c(cc2B4c2cc4sc6ccccc6c4cc2N3c2ccc3sc4ccccc4c3c2)sc2ccccc25)cc1. The average molecular weight is 815 g/mol. The molecule has 0 radical (unpaired) electrons. The first-order chi connectivity index (χ1) is 29.7. The Morgan fingerprint density at radius 1 is 0.383 bits per heavy atom. The van der Waals surface area contributed by atoms with E-state index in [9.17, 15) is 0 Å². The van der Waals surface area contributed by atoms with Crippen molar-refractivity contribution >= 4 is 152 Å². The molecule has 0 saturated heterocycles. The fourth-order valence-corrected chi connectivity index (χ4v) is 13.7. The Labute approximate surface area is 358 Å². The van der Waals surface area contributed by atoms with E-state index in [1.165, 1.54) is 111 Å². The van der Waals surface area contributed by atoms with Crippen LogP contribution < -0.4 is 26.2 Å². The first kappa shape index (κ1) is 33.2. The summed E-state index contributed by atoms with van der Waals surface area (Å²) < 4.78 is 7.98. The molecule has 3 aromatic heterocycles. The number of anilines is 6. The van der Waals surface area contributed by atoms with Crippen molar-refractivity contribution in [2.75, 3.05) is 9.80 Å². The second kappa shape index (κ2) is 12.4. The van der Waals surface area contributed by atoms with Crippen LogP contribution in [-0.4, -0.2) is 6.71 Å². The summed E-state index contributed by atoms with van der Waals surface area (Å²) in [6, 6.07) is 70.5. The zero-order chi connectivity index (χ0) is 39.1. The van der Waals surface area contributed by atoms with Crippen LogP contribution in [0, 0.1) is 0 Å². The van der Waals surface area contributed by atoms with Crippen LogP contribution in [0.5, 0.6) is 0 Å². The van der Waals surface area contributed by atoms with Crippen LogP contribution in [0.3, 0.4) is 0 Å². The Hall–Kier alpha value is -6.70. The molecule has 2 nitrogen and oxygen atoms in total. The van der Waals surface area contributed by atoms with Crippen molar-refractivity contribution in [1.82, 2.24) is 0 Å². The lowest BCUT2D eigenvalue weighted by Crippen LogP contribution is -2.54. The van der Waals surface area contributed by atoms with E-state index in [0.717, 1.165) is 11.4 Å². The monoisotopic (exact) mass is 814 g/mol. The molecule has 278 valence electrons. The van der Waals surface area contributed by atoms with Crippen LogP contribution in [0.4, 0.5) is 34.1 Å². The van der Waals surface area contributed by atoms with E-state index < -0.39 is 0 Å². The Bertz CT molecular complexity index is 3710. The van der Waals surface area contributed by atoms with Crippen LogP contribution in [0.15, 0.2) is 188 Å². The highest BCUT2D eigenvalue weighted by Gasteiger charge is 2.45. The summed E-state index contributed by atoms with van der Waals surface area (Å²) >= 11 is 5.71. The lowest BCUT2D eigenvalue weighted by molar-refractivity contribution is 1.27. The van der Waals surface area contributed by atoms with Gasteiger partial charge in [0.2, 0.25) is 6.71 Å². The molecule has 2 aliphatic rings. The summed E-state index contributed by atoms with van der Waals surface area (Å²) in [5.74, 6) is 0. The molecule has 0 spiro atoms. The highest BCUT2D eigenvalue weighted by atomic mass is 32.1. The quantitative estimate of drug-likeness (QED) is 0.163. The number of rotatable bonds is 4. The van der Waals surface area contributed by atoms with E-state index >= 15 is 0 Å². The average Bonchev–Trinajstić information content (AvgIpc) is 4.05. The molecule has 0 saturated carbocycles. The Balaban J connectivity index is 1.13. The number of hydrogen-bond donors (Lipinski definition) is 0. The van der Waals surface area contributed by atoms with Gasteiger partial charge in [0.25, 0.3) is 0 Å². The van der Waals surface area contributed by atoms with Gasteiger partial charge in [-0.25, -0.2) is 0 Å². The second-order valence-corrected chi connectivity index (χ2v) is 19.2. The van der Waals surface area contributed by atoms with Crippen LogP contribution >= 0.6 is 34.0 Å². The van der Waals surface area contributed by atoms with E-state index in [-0.39, 0.29) is 6.71 Å². The number of para-hydroxylation sites is 2. The number of fused-ring (bicyclic) bond motifs is 14. The summed E-state index contributed by atoms with van der Waals surface area (Å²) in [4.78, 5) is 5.06. The molecule has 0 fully saturated rings. The van der Waals surface area contributed by atoms with Gasteiger partial charge in [0, 0.05) is 94.5 Å². The molecule has 12 aromatic rings. The van der Waals surface area contributed by atoms with Gasteiger partial charge in [-0.15, -0.1) is 34.0 Å². The Morgan fingerprint density at radius 3 is 1.53 bits per heavy atom. The van der Waals surface area contributed by atoms with Gasteiger partial charge in [-0.1, -0.05) is 96.5 Å². The highest BCUT2D eigenvalue weighted by Crippen LogP contribution is 2.50. The molecule has 0 unspecified atom stereocenters. The van der Waals surface area contributed by atoms with Gasteiger partial charge in [-0.05, 0) is 114 Å². The van der Waals surface area contributed by atoms with Crippen LogP contribution in [0.25, 0.3) is 71.6 Å². The summed E-state index contributed by atoms with van der Waals surface area (Å²) in [5, 5.41) is 7.92. The van der Waals surface area contributed by atoms with E-state index in [2.05, 4.69) is 198 Å². The molecule has 5 heterocycles. The molecule has 14 rings (SSSR count). The molecule has 2 aliphatic heterocycles. The zero-order valence-electron chi connectivity index (χ0n) is 32.1. The standard InChI is InChI=1S/C54H31BN2S3/c1-3-13-32(14-4-1)56(33-15-5-2-6-16-33)44-24-25-45-54-53(44)41-28-39-36-18-8-11-21-48(36)59-51(39)30-42(41)55(54)43-31-52-40(37-19-9-12-22-49(37)60-52)29-46(43)57(45)34-23-26-50-38(27-34)35-17-7-10-20-47(35)58-50/h1-31H. The van der Waals surface area contributed by atoms with Gasteiger partial charge in [0.05, 0.1) is 5.69 Å². The molecule has 0 atom stereocenters. The van der Waals surface area contributed by atoms with Crippen LogP contribution in [0.1, 0.15) is 0 Å². The third-order valence-electron chi connectivity index (χ3n) is 12.8. The molecule has 9 aromatic carbocycles. The van der Waals surface area contributed by atoms with E-state index in [0.29, 0.717) is 0 Å². The zero-order valence-corrected chi connectivity index (χ0v) is 34.5. The number of hydrogen-bond acceptors (Lipinski definition) is 5. The Kier molecular flexibility index (Phi) is 6.86. The molecule has 60 heavy (non-hydrogen) atoms. The molecular formula is C54H31BN2S3. The lowest BCUT2D eigenvalue weighted by Gasteiger charge is -2.37. The maximum atomic E-state index is 2.59. The minimum Gasteiger partial charge on any atom is -0.311 e. The predicted molar refractivity (Wildman–Crippen MR) is 265 cm³/mol. The molecule has 6 heteroatoms. The maximum Gasteiger partial charge on any atom is 0.248 e. The number of nitrogens with zero attached hydrogens (tertiary/aromatic N) is 2. The smallest absolute Gasteiger partial charge is 0.248 e. The fraction of sp³-hybridized carbons (Fsp3) is 0. The fourth-order valence-electron chi connectivity index (χ4n) is 10.3. The summed E-state index contributed by atoms with van der Waals surface area (Å²) in [6.07, 6.45) is 0.